The average molecular weight is 251 g/mol. The number of nitrogens with two attached hydrogens (primary N) is 1. The Hall–Kier alpha value is -1.69. The molecule has 18 heavy (non-hydrogen) atoms. The van der Waals surface area contributed by atoms with Crippen LogP contribution in [0.2, 0.25) is 0 Å². The van der Waals surface area contributed by atoms with E-state index in [1.54, 1.807) is 0 Å². The molecule has 0 radical (unpaired) electrons. The summed E-state index contributed by atoms with van der Waals surface area (Å²) in [7, 11) is 0. The van der Waals surface area contributed by atoms with Crippen LogP contribution >= 0.6 is 0 Å². The molecule has 1 saturated carbocycles. The van der Waals surface area contributed by atoms with E-state index in [9.17, 15) is 4.39 Å². The van der Waals surface area contributed by atoms with Crippen molar-refractivity contribution in [2.45, 2.75) is 38.1 Å². The van der Waals surface area contributed by atoms with E-state index in [1.807, 2.05) is 0 Å². The number of nitrogens with one attached hydrogen (secondary N) is 2. The molecule has 0 atom stereocenters. The van der Waals surface area contributed by atoms with Crippen LogP contribution in [0.15, 0.2) is 23.5 Å². The van der Waals surface area contributed by atoms with Gasteiger partial charge in [-0.1, -0.05) is 19.3 Å². The number of guanidine groups is 1. The third-order valence-corrected chi connectivity index (χ3v) is 2.99. The summed E-state index contributed by atoms with van der Waals surface area (Å²) in [6.45, 7) is 0. The van der Waals surface area contributed by atoms with Crippen LogP contribution in [-0.2, 0) is 0 Å². The summed E-state index contributed by atoms with van der Waals surface area (Å²) in [6.07, 6.45) is 8.51. The molecule has 1 aromatic heterocycles. The minimum Gasteiger partial charge on any atom is -0.324 e. The van der Waals surface area contributed by atoms with Crippen molar-refractivity contribution in [3.63, 3.8) is 0 Å². The molecule has 6 heteroatoms. The van der Waals surface area contributed by atoms with Gasteiger partial charge in [-0.3, -0.25) is 10.4 Å². The SMILES string of the molecule is NNC(=NC1CCCCC1)Nc1cncc(F)c1. The molecule has 0 unspecified atom stereocenters. The van der Waals surface area contributed by atoms with Crippen molar-refractivity contribution in [1.82, 2.24) is 10.4 Å². The Bertz CT molecular complexity index is 415. The number of hydrogen-bond donors (Lipinski definition) is 3. The Kier molecular flexibility index (Phi) is 4.46. The lowest BCUT2D eigenvalue weighted by molar-refractivity contribution is 0.442. The fourth-order valence-electron chi connectivity index (χ4n) is 2.12. The highest BCUT2D eigenvalue weighted by Gasteiger charge is 2.13. The maximum atomic E-state index is 13.0. The largest absolute Gasteiger partial charge is 0.324 e. The number of aromatic nitrogens is 1. The fourth-order valence-corrected chi connectivity index (χ4v) is 2.12. The summed E-state index contributed by atoms with van der Waals surface area (Å²) in [5.74, 6) is 5.48. The normalized spacial score (nSPS) is 17.6. The summed E-state index contributed by atoms with van der Waals surface area (Å²) in [4.78, 5) is 8.26. The van der Waals surface area contributed by atoms with Crippen LogP contribution in [0.25, 0.3) is 0 Å². The Morgan fingerprint density at radius 3 is 2.78 bits per heavy atom. The maximum absolute atomic E-state index is 13.0. The minimum absolute atomic E-state index is 0.291. The van der Waals surface area contributed by atoms with E-state index in [4.69, 9.17) is 5.84 Å². The number of hydrazine groups is 1. The molecule has 0 saturated heterocycles. The highest BCUT2D eigenvalue weighted by Crippen LogP contribution is 2.20. The second-order valence-electron chi connectivity index (χ2n) is 4.43. The first kappa shape index (κ1) is 12.8. The van der Waals surface area contributed by atoms with Crippen molar-refractivity contribution in [3.8, 4) is 0 Å². The van der Waals surface area contributed by atoms with Gasteiger partial charge in [-0.05, 0) is 12.8 Å². The molecule has 4 N–H and O–H groups in total. The Labute approximate surface area is 106 Å². The van der Waals surface area contributed by atoms with Gasteiger partial charge < -0.3 is 5.32 Å². The third kappa shape index (κ3) is 3.66. The molecule has 1 heterocycles. The van der Waals surface area contributed by atoms with E-state index < -0.39 is 5.82 Å². The second-order valence-corrected chi connectivity index (χ2v) is 4.43. The van der Waals surface area contributed by atoms with Crippen LogP contribution in [-0.4, -0.2) is 17.0 Å². The first-order chi connectivity index (χ1) is 8.78. The van der Waals surface area contributed by atoms with Gasteiger partial charge in [-0.25, -0.2) is 15.2 Å². The Morgan fingerprint density at radius 2 is 2.11 bits per heavy atom. The van der Waals surface area contributed by atoms with Crippen LogP contribution < -0.4 is 16.6 Å². The summed E-state index contributed by atoms with van der Waals surface area (Å²) in [5.41, 5.74) is 3.04. The van der Waals surface area contributed by atoms with Crippen molar-refractivity contribution >= 4 is 11.6 Å². The molecule has 1 fully saturated rings. The number of anilines is 1. The number of hydrogen-bond acceptors (Lipinski definition) is 3. The van der Waals surface area contributed by atoms with E-state index in [-0.39, 0.29) is 0 Å². The van der Waals surface area contributed by atoms with Gasteiger partial charge in [0, 0.05) is 6.07 Å². The van der Waals surface area contributed by atoms with E-state index >= 15 is 0 Å². The fraction of sp³-hybridized carbons (Fsp3) is 0.500. The predicted molar refractivity (Wildman–Crippen MR) is 69.4 cm³/mol. The average Bonchev–Trinajstić information content (AvgIpc) is 2.39. The van der Waals surface area contributed by atoms with Gasteiger partial charge in [0.25, 0.3) is 0 Å². The van der Waals surface area contributed by atoms with E-state index in [0.29, 0.717) is 17.7 Å². The monoisotopic (exact) mass is 251 g/mol. The summed E-state index contributed by atoms with van der Waals surface area (Å²) >= 11 is 0. The van der Waals surface area contributed by atoms with Crippen LogP contribution in [0.3, 0.4) is 0 Å². The predicted octanol–water partition coefficient (Wildman–Crippen LogP) is 1.78. The smallest absolute Gasteiger partial charge is 0.210 e. The van der Waals surface area contributed by atoms with Crippen LogP contribution in [0, 0.1) is 5.82 Å². The molecule has 0 spiro atoms. The third-order valence-electron chi connectivity index (χ3n) is 2.99. The van der Waals surface area contributed by atoms with Crippen LogP contribution in [0.5, 0.6) is 0 Å². The number of rotatable bonds is 2. The van der Waals surface area contributed by atoms with Gasteiger partial charge in [0.15, 0.2) is 0 Å². The molecule has 0 amide bonds. The van der Waals surface area contributed by atoms with Crippen molar-refractivity contribution in [1.29, 1.82) is 0 Å². The van der Waals surface area contributed by atoms with Crippen LogP contribution in [0.1, 0.15) is 32.1 Å². The molecular formula is C12H18FN5. The van der Waals surface area contributed by atoms with Crippen molar-refractivity contribution in [3.05, 3.63) is 24.3 Å². The molecule has 1 aliphatic carbocycles. The lowest BCUT2D eigenvalue weighted by Gasteiger charge is -2.19. The standard InChI is InChI=1S/C12H18FN5/c13-9-6-11(8-15-7-9)17-12(18-14)16-10-4-2-1-3-5-10/h6-8,10H,1-5,14H2,(H2,16,17,18). The van der Waals surface area contributed by atoms with E-state index in [2.05, 4.69) is 20.7 Å². The Balaban J connectivity index is 2.01. The number of halogens is 1. The first-order valence-electron chi connectivity index (χ1n) is 6.20. The summed E-state index contributed by atoms with van der Waals surface area (Å²) in [5, 5.41) is 2.93. The van der Waals surface area contributed by atoms with Gasteiger partial charge in [-0.15, -0.1) is 0 Å². The zero-order valence-electron chi connectivity index (χ0n) is 10.2. The van der Waals surface area contributed by atoms with Gasteiger partial charge >= 0.3 is 0 Å². The lowest BCUT2D eigenvalue weighted by Crippen LogP contribution is -2.37. The van der Waals surface area contributed by atoms with Gasteiger partial charge in [0.05, 0.1) is 24.1 Å². The Morgan fingerprint density at radius 1 is 1.33 bits per heavy atom. The van der Waals surface area contributed by atoms with Gasteiger partial charge in [0.1, 0.15) is 5.82 Å². The number of nitrogens with zero attached hydrogens (tertiary/aromatic N) is 2. The topological polar surface area (TPSA) is 75.3 Å². The van der Waals surface area contributed by atoms with E-state index in [0.717, 1.165) is 19.0 Å². The molecule has 0 aromatic carbocycles. The molecule has 1 aromatic rings. The molecule has 0 aliphatic heterocycles. The molecule has 1 aliphatic rings. The highest BCUT2D eigenvalue weighted by atomic mass is 19.1. The van der Waals surface area contributed by atoms with Gasteiger partial charge in [-0.2, -0.15) is 0 Å². The quantitative estimate of drug-likeness (QED) is 0.324. The zero-order valence-corrected chi connectivity index (χ0v) is 10.2. The summed E-state index contributed by atoms with van der Waals surface area (Å²) in [6, 6.07) is 1.64. The lowest BCUT2D eigenvalue weighted by atomic mass is 9.96. The molecular weight excluding hydrogens is 233 g/mol. The number of pyridine rings is 1. The number of aliphatic imine (C=N–C) groups is 1. The zero-order chi connectivity index (χ0) is 12.8. The second kappa shape index (κ2) is 6.30. The highest BCUT2D eigenvalue weighted by molar-refractivity contribution is 5.93. The summed E-state index contributed by atoms with van der Waals surface area (Å²) < 4.78 is 13.0. The molecule has 5 nitrogen and oxygen atoms in total. The van der Waals surface area contributed by atoms with Crippen molar-refractivity contribution in [2.24, 2.45) is 10.8 Å². The molecule has 98 valence electrons. The van der Waals surface area contributed by atoms with Gasteiger partial charge in [0.2, 0.25) is 5.96 Å². The van der Waals surface area contributed by atoms with E-state index in [1.165, 1.54) is 31.5 Å². The minimum atomic E-state index is -0.394. The molecule has 0 bridgehead atoms. The first-order valence-corrected chi connectivity index (χ1v) is 6.20. The van der Waals surface area contributed by atoms with Crippen molar-refractivity contribution in [2.75, 3.05) is 5.32 Å². The van der Waals surface area contributed by atoms with Crippen molar-refractivity contribution < 1.29 is 4.39 Å². The molecule has 2 rings (SSSR count). The van der Waals surface area contributed by atoms with Crippen LogP contribution in [0.4, 0.5) is 10.1 Å². The maximum Gasteiger partial charge on any atom is 0.210 e.